The van der Waals surface area contributed by atoms with Crippen LogP contribution in [-0.4, -0.2) is 17.4 Å². The third kappa shape index (κ3) is 5.89. The Kier molecular flexibility index (Phi) is 7.91. The van der Waals surface area contributed by atoms with Crippen molar-refractivity contribution < 1.29 is 9.53 Å². The maximum atomic E-state index is 11.9. The van der Waals surface area contributed by atoms with Crippen LogP contribution in [0.1, 0.15) is 64.7 Å². The quantitative estimate of drug-likeness (QED) is 0.556. The monoisotopic (exact) mass is 304 g/mol. The van der Waals surface area contributed by atoms with Crippen molar-refractivity contribution in [3.63, 3.8) is 0 Å². The van der Waals surface area contributed by atoms with Gasteiger partial charge >= 0.3 is 5.97 Å². The smallest absolute Gasteiger partial charge is 0.310 e. The van der Waals surface area contributed by atoms with E-state index in [0.29, 0.717) is 11.4 Å². The van der Waals surface area contributed by atoms with Gasteiger partial charge in [-0.05, 0) is 19.8 Å². The van der Waals surface area contributed by atoms with Crippen molar-refractivity contribution in [3.8, 4) is 0 Å². The molecule has 1 aliphatic carbocycles. The average Bonchev–Trinajstić information content (AvgIpc) is 2.35. The van der Waals surface area contributed by atoms with Crippen LogP contribution in [0.3, 0.4) is 0 Å². The molecule has 2 nitrogen and oxygen atoms in total. The molecule has 0 heterocycles. The number of ether oxygens (including phenoxy) is 1. The molecule has 100 valence electrons. The van der Waals surface area contributed by atoms with Crippen molar-refractivity contribution in [2.45, 2.75) is 69.5 Å². The van der Waals surface area contributed by atoms with Gasteiger partial charge in [0.25, 0.3) is 0 Å². The fraction of sp³-hybridized carbons (Fsp3) is 0.929. The maximum absolute atomic E-state index is 11.9. The number of carbonyl (C=O) groups excluding carboxylic acids is 1. The molecule has 0 aliphatic heterocycles. The van der Waals surface area contributed by atoms with Crippen molar-refractivity contribution in [2.75, 3.05) is 6.61 Å². The maximum Gasteiger partial charge on any atom is 0.310 e. The lowest BCUT2D eigenvalue weighted by molar-refractivity contribution is -0.148. The molecule has 0 saturated heterocycles. The van der Waals surface area contributed by atoms with Crippen LogP contribution in [0, 0.1) is 5.92 Å². The molecule has 17 heavy (non-hydrogen) atoms. The lowest BCUT2D eigenvalue weighted by atomic mass is 9.95. The predicted octanol–water partition coefficient (Wildman–Crippen LogP) is 4.45. The molecule has 1 saturated carbocycles. The van der Waals surface area contributed by atoms with Crippen LogP contribution in [0.25, 0.3) is 0 Å². The SMILES string of the molecule is CCOC(=O)C1CCCCCCCCCC1Br. The number of carbonyl (C=O) groups is 1. The molecule has 1 aliphatic rings. The Bertz CT molecular complexity index is 218. The van der Waals surface area contributed by atoms with Gasteiger partial charge in [-0.15, -0.1) is 0 Å². The molecule has 0 spiro atoms. The molecule has 0 aromatic carbocycles. The lowest BCUT2D eigenvalue weighted by Crippen LogP contribution is -2.26. The first kappa shape index (κ1) is 15.0. The van der Waals surface area contributed by atoms with Crippen LogP contribution < -0.4 is 0 Å². The zero-order chi connectivity index (χ0) is 12.5. The second kappa shape index (κ2) is 8.96. The largest absolute Gasteiger partial charge is 0.466 e. The van der Waals surface area contributed by atoms with Gasteiger partial charge in [-0.3, -0.25) is 4.79 Å². The van der Waals surface area contributed by atoms with Crippen molar-refractivity contribution in [1.82, 2.24) is 0 Å². The molecular weight excluding hydrogens is 280 g/mol. The van der Waals surface area contributed by atoms with Gasteiger partial charge in [0.05, 0.1) is 12.5 Å². The van der Waals surface area contributed by atoms with Gasteiger partial charge in [0.15, 0.2) is 0 Å². The van der Waals surface area contributed by atoms with Gasteiger partial charge in [0, 0.05) is 4.83 Å². The van der Waals surface area contributed by atoms with Gasteiger partial charge in [-0.1, -0.05) is 60.9 Å². The van der Waals surface area contributed by atoms with Crippen molar-refractivity contribution in [3.05, 3.63) is 0 Å². The Morgan fingerprint density at radius 3 is 2.18 bits per heavy atom. The van der Waals surface area contributed by atoms with Crippen LogP contribution in [0.5, 0.6) is 0 Å². The highest BCUT2D eigenvalue weighted by molar-refractivity contribution is 9.09. The number of alkyl halides is 1. The summed E-state index contributed by atoms with van der Waals surface area (Å²) in [6, 6.07) is 0. The molecule has 2 unspecified atom stereocenters. The van der Waals surface area contributed by atoms with E-state index in [2.05, 4.69) is 15.9 Å². The Labute approximate surface area is 114 Å². The number of hydrogen-bond acceptors (Lipinski definition) is 2. The van der Waals surface area contributed by atoms with E-state index in [-0.39, 0.29) is 11.9 Å². The molecule has 0 aromatic heterocycles. The molecule has 0 amide bonds. The minimum atomic E-state index is -0.00591. The predicted molar refractivity (Wildman–Crippen MR) is 74.4 cm³/mol. The first-order valence-corrected chi connectivity index (χ1v) is 7.98. The molecule has 2 atom stereocenters. The number of esters is 1. The van der Waals surface area contributed by atoms with Gasteiger partial charge in [-0.25, -0.2) is 0 Å². The molecule has 0 N–H and O–H groups in total. The average molecular weight is 305 g/mol. The van der Waals surface area contributed by atoms with E-state index in [0.717, 1.165) is 19.3 Å². The summed E-state index contributed by atoms with van der Waals surface area (Å²) < 4.78 is 5.18. The Hall–Kier alpha value is -0.0500. The highest BCUT2D eigenvalue weighted by Gasteiger charge is 2.27. The summed E-state index contributed by atoms with van der Waals surface area (Å²) in [5.74, 6) is 0.0571. The molecule has 1 fully saturated rings. The van der Waals surface area contributed by atoms with Crippen LogP contribution in [-0.2, 0) is 9.53 Å². The van der Waals surface area contributed by atoms with Crippen LogP contribution in [0.15, 0.2) is 0 Å². The van der Waals surface area contributed by atoms with Gasteiger partial charge in [-0.2, -0.15) is 0 Å². The summed E-state index contributed by atoms with van der Waals surface area (Å²) in [5, 5.41) is 0. The zero-order valence-electron chi connectivity index (χ0n) is 10.9. The van der Waals surface area contributed by atoms with Crippen molar-refractivity contribution in [2.24, 2.45) is 5.92 Å². The summed E-state index contributed by atoms with van der Waals surface area (Å²) in [6.45, 7) is 2.38. The van der Waals surface area contributed by atoms with Crippen molar-refractivity contribution in [1.29, 1.82) is 0 Å². The molecule has 1 rings (SSSR count). The molecular formula is C14H25BrO2. The summed E-state index contributed by atoms with van der Waals surface area (Å²) in [7, 11) is 0. The fourth-order valence-electron chi connectivity index (χ4n) is 2.48. The first-order valence-electron chi connectivity index (χ1n) is 7.06. The summed E-state index contributed by atoms with van der Waals surface area (Å²) in [5.41, 5.74) is 0. The van der Waals surface area contributed by atoms with Gasteiger partial charge < -0.3 is 4.74 Å². The van der Waals surface area contributed by atoms with E-state index in [1.807, 2.05) is 6.92 Å². The Morgan fingerprint density at radius 1 is 1.06 bits per heavy atom. The molecule has 0 radical (unpaired) electrons. The zero-order valence-corrected chi connectivity index (χ0v) is 12.5. The molecule has 0 aromatic rings. The fourth-order valence-corrected chi connectivity index (χ4v) is 3.29. The van der Waals surface area contributed by atoms with E-state index in [4.69, 9.17) is 4.74 Å². The van der Waals surface area contributed by atoms with E-state index in [9.17, 15) is 4.79 Å². The Balaban J connectivity index is 2.51. The summed E-state index contributed by atoms with van der Waals surface area (Å²) in [4.78, 5) is 12.2. The highest BCUT2D eigenvalue weighted by atomic mass is 79.9. The second-order valence-electron chi connectivity index (χ2n) is 4.93. The van der Waals surface area contributed by atoms with Gasteiger partial charge in [0.1, 0.15) is 0 Å². The molecule has 0 bridgehead atoms. The normalized spacial score (nSPS) is 28.1. The second-order valence-corrected chi connectivity index (χ2v) is 6.10. The standard InChI is InChI=1S/C14H25BrO2/c1-2-17-14(16)12-10-8-6-4-3-5-7-9-11-13(12)15/h12-13H,2-11H2,1H3. The minimum Gasteiger partial charge on any atom is -0.466 e. The first-order chi connectivity index (χ1) is 8.25. The van der Waals surface area contributed by atoms with Crippen molar-refractivity contribution >= 4 is 21.9 Å². The van der Waals surface area contributed by atoms with Gasteiger partial charge in [0.2, 0.25) is 0 Å². The van der Waals surface area contributed by atoms with Crippen LogP contribution >= 0.6 is 15.9 Å². The topological polar surface area (TPSA) is 26.3 Å². The highest BCUT2D eigenvalue weighted by Crippen LogP contribution is 2.27. The van der Waals surface area contributed by atoms with Crippen LogP contribution in [0.4, 0.5) is 0 Å². The number of hydrogen-bond donors (Lipinski definition) is 0. The van der Waals surface area contributed by atoms with Crippen LogP contribution in [0.2, 0.25) is 0 Å². The lowest BCUT2D eigenvalue weighted by Gasteiger charge is -2.20. The van der Waals surface area contributed by atoms with E-state index < -0.39 is 0 Å². The van der Waals surface area contributed by atoms with E-state index in [1.54, 1.807) is 0 Å². The summed E-state index contributed by atoms with van der Waals surface area (Å²) >= 11 is 3.69. The Morgan fingerprint density at radius 2 is 1.59 bits per heavy atom. The van der Waals surface area contributed by atoms with E-state index >= 15 is 0 Å². The molecule has 3 heteroatoms. The number of halogens is 1. The minimum absolute atomic E-state index is 0.00591. The third-order valence-electron chi connectivity index (χ3n) is 3.52. The third-order valence-corrected chi connectivity index (χ3v) is 4.62. The summed E-state index contributed by atoms with van der Waals surface area (Å²) in [6.07, 6.45) is 11.1. The number of rotatable bonds is 2. The van der Waals surface area contributed by atoms with E-state index in [1.165, 1.54) is 38.5 Å².